The van der Waals surface area contributed by atoms with Gasteiger partial charge in [0, 0.05) is 10.0 Å². The zero-order valence-corrected chi connectivity index (χ0v) is 12.6. The quantitative estimate of drug-likeness (QED) is 0.792. The summed E-state index contributed by atoms with van der Waals surface area (Å²) in [4.78, 5) is 23.4. The number of carbonyl (C=O) groups is 2. The Bertz CT molecular complexity index is 728. The standard InChI is InChI=1S/C15H12BrNO4/c1-8-7-9(5-6-12(8)18)14(19)17-13-10(15(20)21)3-2-4-11(13)16/h2-7,18H,1H3,(H,17,19)(H,20,21). The molecule has 6 heteroatoms. The smallest absolute Gasteiger partial charge is 0.337 e. The first-order chi connectivity index (χ1) is 9.90. The normalized spacial score (nSPS) is 10.2. The van der Waals surface area contributed by atoms with E-state index in [0.717, 1.165) is 0 Å². The molecule has 0 aliphatic rings. The third-order valence-corrected chi connectivity index (χ3v) is 3.60. The molecule has 2 aromatic rings. The molecule has 0 saturated carbocycles. The lowest BCUT2D eigenvalue weighted by Gasteiger charge is -2.11. The van der Waals surface area contributed by atoms with E-state index in [1.54, 1.807) is 19.1 Å². The number of anilines is 1. The molecule has 3 N–H and O–H groups in total. The minimum absolute atomic E-state index is 0.00627. The van der Waals surface area contributed by atoms with Crippen molar-refractivity contribution in [3.8, 4) is 5.75 Å². The molecule has 2 aromatic carbocycles. The van der Waals surface area contributed by atoms with E-state index >= 15 is 0 Å². The first-order valence-electron chi connectivity index (χ1n) is 6.03. The summed E-state index contributed by atoms with van der Waals surface area (Å²) in [6.45, 7) is 1.67. The van der Waals surface area contributed by atoms with E-state index in [1.807, 2.05) is 0 Å². The van der Waals surface area contributed by atoms with Crippen molar-refractivity contribution >= 4 is 33.5 Å². The number of halogens is 1. The highest BCUT2D eigenvalue weighted by atomic mass is 79.9. The Morgan fingerprint density at radius 2 is 1.90 bits per heavy atom. The Labute approximate surface area is 129 Å². The average Bonchev–Trinajstić information content (AvgIpc) is 2.43. The highest BCUT2D eigenvalue weighted by Crippen LogP contribution is 2.27. The summed E-state index contributed by atoms with van der Waals surface area (Å²) in [6, 6.07) is 9.04. The fourth-order valence-corrected chi connectivity index (χ4v) is 2.28. The van der Waals surface area contributed by atoms with Crippen LogP contribution in [0.5, 0.6) is 5.75 Å². The number of phenolic OH excluding ortho intramolecular Hbond substituents is 1. The van der Waals surface area contributed by atoms with Gasteiger partial charge in [0.2, 0.25) is 0 Å². The van der Waals surface area contributed by atoms with Crippen molar-refractivity contribution in [2.24, 2.45) is 0 Å². The Morgan fingerprint density at radius 1 is 1.19 bits per heavy atom. The highest BCUT2D eigenvalue weighted by Gasteiger charge is 2.16. The largest absolute Gasteiger partial charge is 0.508 e. The molecule has 0 unspecified atom stereocenters. The number of para-hydroxylation sites is 1. The number of hydrogen-bond acceptors (Lipinski definition) is 3. The molecule has 0 bridgehead atoms. The number of phenols is 1. The molecular formula is C15H12BrNO4. The summed E-state index contributed by atoms with van der Waals surface area (Å²) in [6.07, 6.45) is 0. The lowest BCUT2D eigenvalue weighted by atomic mass is 10.1. The first kappa shape index (κ1) is 15.1. The van der Waals surface area contributed by atoms with Gasteiger partial charge in [0.25, 0.3) is 5.91 Å². The molecule has 0 aromatic heterocycles. The average molecular weight is 350 g/mol. The van der Waals surface area contributed by atoms with Gasteiger partial charge >= 0.3 is 5.97 Å². The van der Waals surface area contributed by atoms with Crippen LogP contribution < -0.4 is 5.32 Å². The molecule has 21 heavy (non-hydrogen) atoms. The molecule has 0 aliphatic heterocycles. The van der Waals surface area contributed by atoms with E-state index in [1.165, 1.54) is 24.3 Å². The summed E-state index contributed by atoms with van der Waals surface area (Å²) in [7, 11) is 0. The van der Waals surface area contributed by atoms with Crippen LogP contribution in [0.3, 0.4) is 0 Å². The van der Waals surface area contributed by atoms with Crippen molar-refractivity contribution in [3.05, 3.63) is 57.6 Å². The van der Waals surface area contributed by atoms with Gasteiger partial charge in [0.05, 0.1) is 11.3 Å². The van der Waals surface area contributed by atoms with Crippen LogP contribution in [0.1, 0.15) is 26.3 Å². The minimum Gasteiger partial charge on any atom is -0.508 e. The maximum absolute atomic E-state index is 12.2. The number of rotatable bonds is 3. The van der Waals surface area contributed by atoms with Crippen LogP contribution in [-0.2, 0) is 0 Å². The molecule has 0 atom stereocenters. The van der Waals surface area contributed by atoms with Gasteiger partial charge in [-0.2, -0.15) is 0 Å². The number of aromatic carboxylic acids is 1. The molecule has 0 spiro atoms. The molecule has 1 amide bonds. The predicted octanol–water partition coefficient (Wildman–Crippen LogP) is 3.41. The van der Waals surface area contributed by atoms with Gasteiger partial charge in [-0.3, -0.25) is 4.79 Å². The van der Waals surface area contributed by atoms with E-state index in [4.69, 9.17) is 5.11 Å². The number of nitrogens with one attached hydrogen (secondary N) is 1. The first-order valence-corrected chi connectivity index (χ1v) is 6.82. The van der Waals surface area contributed by atoms with Gasteiger partial charge in [-0.1, -0.05) is 6.07 Å². The fraction of sp³-hybridized carbons (Fsp3) is 0.0667. The second-order valence-corrected chi connectivity index (χ2v) is 5.28. The second-order valence-electron chi connectivity index (χ2n) is 4.42. The van der Waals surface area contributed by atoms with Gasteiger partial charge in [-0.05, 0) is 58.7 Å². The number of carbonyl (C=O) groups excluding carboxylic acids is 1. The third kappa shape index (κ3) is 3.22. The number of aryl methyl sites for hydroxylation is 1. The predicted molar refractivity (Wildman–Crippen MR) is 81.9 cm³/mol. The summed E-state index contributed by atoms with van der Waals surface area (Å²) in [5.74, 6) is -1.49. The zero-order valence-electron chi connectivity index (χ0n) is 11.1. The molecule has 0 radical (unpaired) electrons. The third-order valence-electron chi connectivity index (χ3n) is 2.94. The number of carboxylic acids is 1. The van der Waals surface area contributed by atoms with Gasteiger partial charge in [0.1, 0.15) is 5.75 Å². The number of aromatic hydroxyl groups is 1. The van der Waals surface area contributed by atoms with E-state index in [2.05, 4.69) is 21.2 Å². The summed E-state index contributed by atoms with van der Waals surface area (Å²) in [5.41, 5.74) is 1.08. The molecule has 0 saturated heterocycles. The van der Waals surface area contributed by atoms with Crippen molar-refractivity contribution in [1.29, 1.82) is 0 Å². The van der Waals surface area contributed by atoms with E-state index in [0.29, 0.717) is 15.6 Å². The second kappa shape index (κ2) is 5.97. The Kier molecular flexibility index (Phi) is 4.28. The van der Waals surface area contributed by atoms with Crippen LogP contribution in [0.2, 0.25) is 0 Å². The van der Waals surface area contributed by atoms with Gasteiger partial charge in [0.15, 0.2) is 0 Å². The minimum atomic E-state index is -1.13. The monoisotopic (exact) mass is 349 g/mol. The highest BCUT2D eigenvalue weighted by molar-refractivity contribution is 9.10. The van der Waals surface area contributed by atoms with Gasteiger partial charge in [-0.15, -0.1) is 0 Å². The number of benzene rings is 2. The van der Waals surface area contributed by atoms with Crippen LogP contribution in [-0.4, -0.2) is 22.1 Å². The topological polar surface area (TPSA) is 86.6 Å². The maximum Gasteiger partial charge on any atom is 0.337 e. The van der Waals surface area contributed by atoms with Crippen molar-refractivity contribution in [3.63, 3.8) is 0 Å². The SMILES string of the molecule is Cc1cc(C(=O)Nc2c(Br)cccc2C(=O)O)ccc1O. The molecule has 5 nitrogen and oxygen atoms in total. The van der Waals surface area contributed by atoms with Crippen molar-refractivity contribution in [2.45, 2.75) is 6.92 Å². The zero-order chi connectivity index (χ0) is 15.6. The van der Waals surface area contributed by atoms with Crippen LogP contribution in [0.4, 0.5) is 5.69 Å². The van der Waals surface area contributed by atoms with Crippen LogP contribution in [0, 0.1) is 6.92 Å². The Morgan fingerprint density at radius 3 is 2.52 bits per heavy atom. The summed E-state index contributed by atoms with van der Waals surface area (Å²) in [5, 5.41) is 21.2. The number of carboxylic acid groups (broad SMARTS) is 1. The van der Waals surface area contributed by atoms with Crippen molar-refractivity contribution in [2.75, 3.05) is 5.32 Å². The fourth-order valence-electron chi connectivity index (χ4n) is 1.81. The molecule has 2 rings (SSSR count). The van der Waals surface area contributed by atoms with Gasteiger partial charge in [-0.25, -0.2) is 4.79 Å². The molecule has 0 aliphatic carbocycles. The molecular weight excluding hydrogens is 338 g/mol. The maximum atomic E-state index is 12.2. The van der Waals surface area contributed by atoms with E-state index < -0.39 is 11.9 Å². The summed E-state index contributed by atoms with van der Waals surface area (Å²) >= 11 is 3.22. The molecule has 0 fully saturated rings. The molecule has 108 valence electrons. The van der Waals surface area contributed by atoms with Gasteiger partial charge < -0.3 is 15.5 Å². The van der Waals surface area contributed by atoms with E-state index in [9.17, 15) is 14.7 Å². The Hall–Kier alpha value is -2.34. The lowest BCUT2D eigenvalue weighted by Crippen LogP contribution is -2.15. The van der Waals surface area contributed by atoms with Crippen LogP contribution in [0.25, 0.3) is 0 Å². The van der Waals surface area contributed by atoms with Crippen molar-refractivity contribution in [1.82, 2.24) is 0 Å². The lowest BCUT2D eigenvalue weighted by molar-refractivity contribution is 0.0698. The van der Waals surface area contributed by atoms with Crippen molar-refractivity contribution < 1.29 is 19.8 Å². The molecule has 0 heterocycles. The number of hydrogen-bond donors (Lipinski definition) is 3. The van der Waals surface area contributed by atoms with E-state index in [-0.39, 0.29) is 17.0 Å². The summed E-state index contributed by atoms with van der Waals surface area (Å²) < 4.78 is 0.478. The van der Waals surface area contributed by atoms with Crippen LogP contribution in [0.15, 0.2) is 40.9 Å². The number of amides is 1. The Balaban J connectivity index is 2.36. The van der Waals surface area contributed by atoms with Crippen LogP contribution >= 0.6 is 15.9 Å².